The zero-order chi connectivity index (χ0) is 17.3. The minimum Gasteiger partial charge on any atom is -0.480 e. The molecule has 1 aliphatic carbocycles. The molecule has 1 heterocycles. The quantitative estimate of drug-likeness (QED) is 0.914. The van der Waals surface area contributed by atoms with Gasteiger partial charge in [-0.3, -0.25) is 9.59 Å². The Balaban J connectivity index is 1.95. The number of aliphatic carboxylic acids is 1. The van der Waals surface area contributed by atoms with Crippen LogP contribution in [-0.2, 0) is 37.0 Å². The molecular weight excluding hydrogens is 316 g/mol. The number of carboxylic acid groups (broad SMARTS) is 1. The molecule has 0 saturated heterocycles. The first kappa shape index (κ1) is 16.4. The van der Waals surface area contributed by atoms with Crippen LogP contribution >= 0.6 is 0 Å². The Labute approximate surface area is 137 Å². The number of nitrogens with zero attached hydrogens (tertiary/aromatic N) is 1. The fraction of sp³-hybridized carbons (Fsp3) is 0.333. The van der Waals surface area contributed by atoms with Crippen molar-refractivity contribution in [2.45, 2.75) is 38.6 Å². The zero-order valence-corrected chi connectivity index (χ0v) is 13.0. The van der Waals surface area contributed by atoms with Gasteiger partial charge >= 0.3 is 5.97 Å². The molecule has 2 aromatic rings. The van der Waals surface area contributed by atoms with Crippen molar-refractivity contribution >= 4 is 5.97 Å². The highest BCUT2D eigenvalue weighted by atomic mass is 19.2. The molecule has 0 fully saturated rings. The minimum absolute atomic E-state index is 0.0983. The van der Waals surface area contributed by atoms with Gasteiger partial charge in [0, 0.05) is 23.0 Å². The smallest absolute Gasteiger partial charge is 0.323 e. The van der Waals surface area contributed by atoms with E-state index in [-0.39, 0.29) is 30.4 Å². The van der Waals surface area contributed by atoms with Crippen LogP contribution in [-0.4, -0.2) is 15.6 Å². The van der Waals surface area contributed by atoms with Crippen LogP contribution < -0.4 is 5.43 Å². The molecular formula is C18H17F2NO3. The van der Waals surface area contributed by atoms with E-state index in [2.05, 4.69) is 0 Å². The van der Waals surface area contributed by atoms with Crippen LogP contribution in [0.1, 0.15) is 28.9 Å². The summed E-state index contributed by atoms with van der Waals surface area (Å²) in [4.78, 5) is 23.4. The predicted octanol–water partition coefficient (Wildman–Crippen LogP) is 2.49. The third-order valence-electron chi connectivity index (χ3n) is 4.43. The Hall–Kier alpha value is -2.50. The number of hydrogen-bond acceptors (Lipinski definition) is 2. The summed E-state index contributed by atoms with van der Waals surface area (Å²) in [6.07, 6.45) is 2.62. The predicted molar refractivity (Wildman–Crippen MR) is 84.1 cm³/mol. The Morgan fingerprint density at radius 1 is 1.21 bits per heavy atom. The number of benzene rings is 1. The van der Waals surface area contributed by atoms with Crippen LogP contribution in [0, 0.1) is 11.6 Å². The summed E-state index contributed by atoms with van der Waals surface area (Å²) < 4.78 is 28.7. The number of fused-ring (bicyclic) bond motifs is 1. The van der Waals surface area contributed by atoms with Gasteiger partial charge in [-0.1, -0.05) is 12.1 Å². The number of halogens is 2. The van der Waals surface area contributed by atoms with Gasteiger partial charge in [-0.05, 0) is 43.7 Å². The topological polar surface area (TPSA) is 59.3 Å². The van der Waals surface area contributed by atoms with Gasteiger partial charge in [-0.2, -0.15) is 0 Å². The minimum atomic E-state index is -0.995. The number of aromatic nitrogens is 1. The molecule has 0 amide bonds. The number of hydrogen-bond donors (Lipinski definition) is 1. The Bertz CT molecular complexity index is 858. The number of pyridine rings is 1. The molecule has 1 aromatic heterocycles. The van der Waals surface area contributed by atoms with Crippen LogP contribution in [0.4, 0.5) is 8.78 Å². The molecule has 0 radical (unpaired) electrons. The molecule has 6 heteroatoms. The number of carboxylic acids is 1. The summed E-state index contributed by atoms with van der Waals surface area (Å²) in [5, 5.41) is 9.15. The molecule has 0 spiro atoms. The lowest BCUT2D eigenvalue weighted by Crippen LogP contribution is -2.23. The molecule has 1 aromatic carbocycles. The SMILES string of the molecule is O=C(O)Cn1c(CCc2cccc(F)c2F)cc(=O)c2c1CCC2. The molecule has 3 rings (SSSR count). The van der Waals surface area contributed by atoms with Crippen molar-refractivity contribution in [1.29, 1.82) is 0 Å². The van der Waals surface area contributed by atoms with E-state index < -0.39 is 17.6 Å². The molecule has 0 aliphatic heterocycles. The van der Waals surface area contributed by atoms with Gasteiger partial charge in [0.15, 0.2) is 17.1 Å². The summed E-state index contributed by atoms with van der Waals surface area (Å²) in [6.45, 7) is -0.233. The Kier molecular flexibility index (Phi) is 4.46. The lowest BCUT2D eigenvalue weighted by Gasteiger charge is -2.17. The maximum absolute atomic E-state index is 13.8. The molecule has 0 saturated carbocycles. The van der Waals surface area contributed by atoms with Crippen molar-refractivity contribution in [3.05, 3.63) is 68.6 Å². The largest absolute Gasteiger partial charge is 0.480 e. The average molecular weight is 333 g/mol. The van der Waals surface area contributed by atoms with E-state index in [0.717, 1.165) is 18.2 Å². The lowest BCUT2D eigenvalue weighted by molar-refractivity contribution is -0.137. The normalized spacial score (nSPS) is 13.1. The van der Waals surface area contributed by atoms with Crippen molar-refractivity contribution in [2.24, 2.45) is 0 Å². The van der Waals surface area contributed by atoms with E-state index in [4.69, 9.17) is 5.11 Å². The Morgan fingerprint density at radius 2 is 2.00 bits per heavy atom. The summed E-state index contributed by atoms with van der Waals surface area (Å²) >= 11 is 0. The van der Waals surface area contributed by atoms with Gasteiger partial charge < -0.3 is 9.67 Å². The fourth-order valence-corrected chi connectivity index (χ4v) is 3.32. The molecule has 126 valence electrons. The van der Waals surface area contributed by atoms with Crippen LogP contribution in [0.15, 0.2) is 29.1 Å². The lowest BCUT2D eigenvalue weighted by atomic mass is 10.0. The molecule has 24 heavy (non-hydrogen) atoms. The maximum atomic E-state index is 13.8. The van der Waals surface area contributed by atoms with Gasteiger partial charge in [0.1, 0.15) is 6.54 Å². The average Bonchev–Trinajstić information content (AvgIpc) is 3.02. The van der Waals surface area contributed by atoms with Crippen molar-refractivity contribution < 1.29 is 18.7 Å². The monoisotopic (exact) mass is 333 g/mol. The zero-order valence-electron chi connectivity index (χ0n) is 13.0. The second-order valence-electron chi connectivity index (χ2n) is 5.97. The third-order valence-corrected chi connectivity index (χ3v) is 4.43. The van der Waals surface area contributed by atoms with Crippen molar-refractivity contribution in [2.75, 3.05) is 0 Å². The van der Waals surface area contributed by atoms with E-state index in [9.17, 15) is 18.4 Å². The fourth-order valence-electron chi connectivity index (χ4n) is 3.32. The van der Waals surface area contributed by atoms with Gasteiger partial charge in [-0.25, -0.2) is 8.78 Å². The highest BCUT2D eigenvalue weighted by Crippen LogP contribution is 2.22. The third kappa shape index (κ3) is 3.09. The first-order valence-electron chi connectivity index (χ1n) is 7.86. The van der Waals surface area contributed by atoms with Crippen molar-refractivity contribution in [3.63, 3.8) is 0 Å². The molecule has 0 bridgehead atoms. The van der Waals surface area contributed by atoms with Crippen molar-refractivity contribution in [1.82, 2.24) is 4.57 Å². The molecule has 0 unspecified atom stereocenters. The maximum Gasteiger partial charge on any atom is 0.323 e. The van der Waals surface area contributed by atoms with Crippen LogP contribution in [0.5, 0.6) is 0 Å². The van der Waals surface area contributed by atoms with E-state index in [1.807, 2.05) is 0 Å². The van der Waals surface area contributed by atoms with Gasteiger partial charge in [0.25, 0.3) is 0 Å². The Morgan fingerprint density at radius 3 is 2.75 bits per heavy atom. The number of aryl methyl sites for hydroxylation is 2. The van der Waals surface area contributed by atoms with Crippen LogP contribution in [0.25, 0.3) is 0 Å². The first-order valence-corrected chi connectivity index (χ1v) is 7.86. The van der Waals surface area contributed by atoms with Gasteiger partial charge in [0.2, 0.25) is 0 Å². The summed E-state index contributed by atoms with van der Waals surface area (Å²) in [7, 11) is 0. The van der Waals surface area contributed by atoms with Crippen LogP contribution in [0.3, 0.4) is 0 Å². The number of carbonyl (C=O) groups is 1. The summed E-state index contributed by atoms with van der Waals surface area (Å²) in [5.41, 5.74) is 2.10. The molecule has 1 aliphatic rings. The standard InChI is InChI=1S/C18H17F2NO3/c19-14-5-1-3-11(18(14)20)7-8-12-9-16(22)13-4-2-6-15(13)21(12)10-17(23)24/h1,3,5,9H,2,4,6-8,10H2,(H,23,24). The van der Waals surface area contributed by atoms with E-state index >= 15 is 0 Å². The molecule has 1 N–H and O–H groups in total. The molecule has 0 atom stereocenters. The van der Waals surface area contributed by atoms with E-state index in [0.29, 0.717) is 24.1 Å². The molecule has 4 nitrogen and oxygen atoms in total. The number of rotatable bonds is 5. The highest BCUT2D eigenvalue weighted by Gasteiger charge is 2.21. The van der Waals surface area contributed by atoms with Gasteiger partial charge in [-0.15, -0.1) is 0 Å². The summed E-state index contributed by atoms with van der Waals surface area (Å²) in [5.74, 6) is -2.80. The van der Waals surface area contributed by atoms with Crippen LogP contribution in [0.2, 0.25) is 0 Å². The second-order valence-corrected chi connectivity index (χ2v) is 5.97. The second kappa shape index (κ2) is 6.55. The van der Waals surface area contributed by atoms with E-state index in [1.54, 1.807) is 4.57 Å². The first-order chi connectivity index (χ1) is 11.5. The summed E-state index contributed by atoms with van der Waals surface area (Å²) in [6, 6.07) is 5.41. The highest BCUT2D eigenvalue weighted by molar-refractivity contribution is 5.67. The van der Waals surface area contributed by atoms with Crippen molar-refractivity contribution in [3.8, 4) is 0 Å². The van der Waals surface area contributed by atoms with E-state index in [1.165, 1.54) is 18.2 Å². The van der Waals surface area contributed by atoms with Gasteiger partial charge in [0.05, 0.1) is 0 Å².